The van der Waals surface area contributed by atoms with Crippen molar-refractivity contribution >= 4 is 45.2 Å². The molecule has 1 aliphatic rings. The number of fused-ring (bicyclic) bond motifs is 1. The summed E-state index contributed by atoms with van der Waals surface area (Å²) in [5.41, 5.74) is 2.63. The number of rotatable bonds is 7. The summed E-state index contributed by atoms with van der Waals surface area (Å²) in [6.45, 7) is 12.3. The second-order valence-electron chi connectivity index (χ2n) is 12.0. The second-order valence-corrected chi connectivity index (χ2v) is 14.1. The Bertz CT molecular complexity index is 1530. The third-order valence-electron chi connectivity index (χ3n) is 5.98. The van der Waals surface area contributed by atoms with E-state index in [-0.39, 0.29) is 11.0 Å². The average Bonchev–Trinajstić information content (AvgIpc) is 2.86. The zero-order chi connectivity index (χ0) is 30.0. The van der Waals surface area contributed by atoms with Crippen LogP contribution in [0.2, 0.25) is 5.02 Å². The summed E-state index contributed by atoms with van der Waals surface area (Å²) in [7, 11) is -3.66. The lowest BCUT2D eigenvalue weighted by Gasteiger charge is -2.31. The number of halogens is 1. The first-order valence-corrected chi connectivity index (χ1v) is 15.2. The van der Waals surface area contributed by atoms with Crippen molar-refractivity contribution in [2.45, 2.75) is 77.1 Å². The van der Waals surface area contributed by atoms with Gasteiger partial charge in [0.1, 0.15) is 10.6 Å². The normalized spacial score (nSPS) is 13.9. The lowest BCUT2D eigenvalue weighted by molar-refractivity contribution is 0.0224. The van der Waals surface area contributed by atoms with Gasteiger partial charge in [0.2, 0.25) is 16.0 Å². The highest BCUT2D eigenvalue weighted by atomic mass is 35.5. The number of amides is 1. The van der Waals surface area contributed by atoms with E-state index in [4.69, 9.17) is 16.3 Å². The Labute approximate surface area is 246 Å². The van der Waals surface area contributed by atoms with E-state index in [1.165, 1.54) is 6.20 Å². The molecule has 4 rings (SSSR count). The minimum absolute atomic E-state index is 0.185. The van der Waals surface area contributed by atoms with Crippen molar-refractivity contribution in [3.63, 3.8) is 0 Å². The minimum Gasteiger partial charge on any atom is -0.444 e. The highest BCUT2D eigenvalue weighted by Crippen LogP contribution is 2.27. The summed E-state index contributed by atoms with van der Waals surface area (Å²) in [5.74, 6) is 0.768. The predicted octanol–water partition coefficient (Wildman–Crippen LogP) is 5.86. The number of aromatic nitrogens is 2. The van der Waals surface area contributed by atoms with Crippen LogP contribution in [0.15, 0.2) is 53.6 Å². The number of carbonyl (C=O) groups excluding carboxylic acids is 1. The molecule has 0 radical (unpaired) electrons. The van der Waals surface area contributed by atoms with Crippen LogP contribution in [0.3, 0.4) is 0 Å². The molecule has 3 N–H and O–H groups in total. The van der Waals surface area contributed by atoms with Crippen LogP contribution < -0.4 is 15.4 Å². The van der Waals surface area contributed by atoms with Gasteiger partial charge in [-0.1, -0.05) is 29.8 Å². The van der Waals surface area contributed by atoms with Crippen molar-refractivity contribution < 1.29 is 17.9 Å². The number of carbonyl (C=O) groups is 1. The Morgan fingerprint density at radius 2 is 1.83 bits per heavy atom. The first-order valence-electron chi connectivity index (χ1n) is 13.3. The number of ether oxygens (including phenoxy) is 1. The number of hydrogen-bond acceptors (Lipinski definition) is 8. The van der Waals surface area contributed by atoms with Crippen molar-refractivity contribution in [1.29, 1.82) is 0 Å². The molecule has 0 atom stereocenters. The Hall–Kier alpha value is -3.41. The van der Waals surface area contributed by atoms with Crippen LogP contribution in [0.1, 0.15) is 58.2 Å². The Morgan fingerprint density at radius 3 is 2.54 bits per heavy atom. The maximum Gasteiger partial charge on any atom is 0.410 e. The molecule has 41 heavy (non-hydrogen) atoms. The summed E-state index contributed by atoms with van der Waals surface area (Å²) in [6, 6.07) is 12.6. The molecule has 2 aromatic carbocycles. The van der Waals surface area contributed by atoms with Gasteiger partial charge in [-0.05, 0) is 88.9 Å². The van der Waals surface area contributed by atoms with Crippen LogP contribution >= 0.6 is 11.6 Å². The largest absolute Gasteiger partial charge is 0.444 e. The monoisotopic (exact) mass is 600 g/mol. The molecule has 0 fully saturated rings. The van der Waals surface area contributed by atoms with Crippen molar-refractivity contribution in [3.8, 4) is 0 Å². The van der Waals surface area contributed by atoms with Gasteiger partial charge in [-0.3, -0.25) is 0 Å². The third kappa shape index (κ3) is 8.54. The van der Waals surface area contributed by atoms with E-state index < -0.39 is 21.2 Å². The van der Waals surface area contributed by atoms with Gasteiger partial charge in [-0.2, -0.15) is 4.98 Å². The maximum absolute atomic E-state index is 12.7. The van der Waals surface area contributed by atoms with E-state index >= 15 is 0 Å². The molecule has 1 aromatic heterocycles. The van der Waals surface area contributed by atoms with Gasteiger partial charge in [0.15, 0.2) is 5.82 Å². The number of nitrogens with one attached hydrogen (secondary N) is 3. The van der Waals surface area contributed by atoms with Gasteiger partial charge in [0.25, 0.3) is 0 Å². The molecule has 3 aromatic rings. The fourth-order valence-electron chi connectivity index (χ4n) is 4.26. The predicted molar refractivity (Wildman–Crippen MR) is 161 cm³/mol. The van der Waals surface area contributed by atoms with E-state index in [0.717, 1.165) is 22.4 Å². The summed E-state index contributed by atoms with van der Waals surface area (Å²) < 4.78 is 33.6. The topological polar surface area (TPSA) is 126 Å². The van der Waals surface area contributed by atoms with Gasteiger partial charge in [0.05, 0.1) is 11.1 Å². The molecule has 0 saturated heterocycles. The second kappa shape index (κ2) is 11.8. The van der Waals surface area contributed by atoms with Gasteiger partial charge in [-0.25, -0.2) is 22.9 Å². The van der Waals surface area contributed by atoms with E-state index in [0.29, 0.717) is 42.8 Å². The van der Waals surface area contributed by atoms with Crippen LogP contribution in [0.4, 0.5) is 22.2 Å². The van der Waals surface area contributed by atoms with Crippen LogP contribution in [0.5, 0.6) is 0 Å². The first kappa shape index (κ1) is 30.5. The van der Waals surface area contributed by atoms with E-state index in [1.54, 1.807) is 43.9 Å². The zero-order valence-corrected chi connectivity index (χ0v) is 25.8. The Morgan fingerprint density at radius 1 is 1.07 bits per heavy atom. The maximum atomic E-state index is 12.7. The van der Waals surface area contributed by atoms with Gasteiger partial charge < -0.3 is 20.3 Å². The van der Waals surface area contributed by atoms with Crippen molar-refractivity contribution in [1.82, 2.24) is 19.6 Å². The van der Waals surface area contributed by atoms with Crippen molar-refractivity contribution in [3.05, 3.63) is 70.4 Å². The highest BCUT2D eigenvalue weighted by molar-refractivity contribution is 7.89. The number of nitrogens with zero attached hydrogens (tertiary/aromatic N) is 3. The SMILES string of the molecule is CC(C)(C)NS(=O)(=O)c1cccc(CNc2nc(Nc3ccc4c(c3)CCN(C(=O)OC(C)(C)C)C4)ncc2Cl)c1. The number of anilines is 3. The average molecular weight is 601 g/mol. The Kier molecular flexibility index (Phi) is 8.81. The van der Waals surface area contributed by atoms with Crippen LogP contribution in [0, 0.1) is 0 Å². The molecule has 10 nitrogen and oxygen atoms in total. The molecule has 0 unspecified atom stereocenters. The molecule has 0 aliphatic carbocycles. The minimum atomic E-state index is -3.66. The molecular weight excluding hydrogens is 564 g/mol. The molecular formula is C29H37ClN6O4S. The smallest absolute Gasteiger partial charge is 0.410 e. The number of hydrogen-bond donors (Lipinski definition) is 3. The van der Waals surface area contributed by atoms with Gasteiger partial charge in [0, 0.05) is 30.9 Å². The van der Waals surface area contributed by atoms with E-state index in [2.05, 4.69) is 25.3 Å². The van der Waals surface area contributed by atoms with E-state index in [9.17, 15) is 13.2 Å². The molecule has 0 bridgehead atoms. The summed E-state index contributed by atoms with van der Waals surface area (Å²) in [4.78, 5) is 23.2. The fraction of sp³-hybridized carbons (Fsp3) is 0.414. The quantitative estimate of drug-likeness (QED) is 0.308. The molecule has 1 aliphatic heterocycles. The first-order chi connectivity index (χ1) is 19.1. The van der Waals surface area contributed by atoms with Crippen LogP contribution in [-0.2, 0) is 34.3 Å². The molecule has 12 heteroatoms. The van der Waals surface area contributed by atoms with Crippen molar-refractivity contribution in [2.75, 3.05) is 17.2 Å². The standard InChI is InChI=1S/C29H37ClN6O4S/c1-28(2,3)35-41(38,39)23-9-7-8-19(14-23)16-31-25-24(30)17-32-26(34-25)33-22-11-10-21-18-36(13-12-20(21)15-22)27(37)40-29(4,5)6/h7-11,14-15,17,35H,12-13,16,18H2,1-6H3,(H2,31,32,33,34). The van der Waals surface area contributed by atoms with Gasteiger partial charge >= 0.3 is 6.09 Å². The molecule has 2 heterocycles. The number of benzene rings is 2. The lowest BCUT2D eigenvalue weighted by Crippen LogP contribution is -2.40. The van der Waals surface area contributed by atoms with Gasteiger partial charge in [-0.15, -0.1) is 0 Å². The van der Waals surface area contributed by atoms with Crippen LogP contribution in [-0.4, -0.2) is 47.1 Å². The zero-order valence-electron chi connectivity index (χ0n) is 24.2. The lowest BCUT2D eigenvalue weighted by atomic mass is 9.99. The fourth-order valence-corrected chi connectivity index (χ4v) is 5.91. The molecule has 220 valence electrons. The summed E-state index contributed by atoms with van der Waals surface area (Å²) in [6.07, 6.45) is 1.90. The third-order valence-corrected chi connectivity index (χ3v) is 8.01. The Balaban J connectivity index is 1.42. The molecule has 1 amide bonds. The molecule has 0 saturated carbocycles. The highest BCUT2D eigenvalue weighted by Gasteiger charge is 2.26. The van der Waals surface area contributed by atoms with Crippen LogP contribution in [0.25, 0.3) is 0 Å². The summed E-state index contributed by atoms with van der Waals surface area (Å²) >= 11 is 6.35. The summed E-state index contributed by atoms with van der Waals surface area (Å²) in [5, 5.41) is 6.73. The van der Waals surface area contributed by atoms with E-state index in [1.807, 2.05) is 45.0 Å². The molecule has 0 spiro atoms. The number of sulfonamides is 1. The van der Waals surface area contributed by atoms with Crippen molar-refractivity contribution in [2.24, 2.45) is 0 Å².